The Bertz CT molecular complexity index is 848. The van der Waals surface area contributed by atoms with Gasteiger partial charge in [0.05, 0.1) is 32.4 Å². The zero-order valence-electron chi connectivity index (χ0n) is 15.8. The molecule has 0 saturated carbocycles. The van der Waals surface area contributed by atoms with Crippen molar-refractivity contribution in [3.8, 4) is 5.75 Å². The van der Waals surface area contributed by atoms with E-state index in [-0.39, 0.29) is 23.2 Å². The fourth-order valence-electron chi connectivity index (χ4n) is 3.88. The molecule has 0 bridgehead atoms. The van der Waals surface area contributed by atoms with Crippen LogP contribution in [0, 0.1) is 5.92 Å². The molecule has 1 fully saturated rings. The van der Waals surface area contributed by atoms with E-state index in [0.29, 0.717) is 25.3 Å². The summed E-state index contributed by atoms with van der Waals surface area (Å²) in [6.45, 7) is 4.30. The summed E-state index contributed by atoms with van der Waals surface area (Å²) in [6.07, 6.45) is 1.76. The molecule has 0 radical (unpaired) electrons. The van der Waals surface area contributed by atoms with Gasteiger partial charge in [0, 0.05) is 0 Å². The number of aromatic hydroxyl groups is 1. The Hall–Kier alpha value is -2.60. The molecule has 0 amide bonds. The third-order valence-corrected chi connectivity index (χ3v) is 5.20. The van der Waals surface area contributed by atoms with Crippen molar-refractivity contribution in [3.05, 3.63) is 41.5 Å². The van der Waals surface area contributed by atoms with Crippen molar-refractivity contribution in [3.63, 3.8) is 0 Å². The highest BCUT2D eigenvalue weighted by atomic mass is 16.5. The zero-order chi connectivity index (χ0) is 19.4. The van der Waals surface area contributed by atoms with E-state index in [2.05, 4.69) is 0 Å². The second-order valence-corrected chi connectivity index (χ2v) is 6.94. The third kappa shape index (κ3) is 4.06. The molecule has 144 valence electrons. The predicted octanol–water partition coefficient (Wildman–Crippen LogP) is 1.69. The van der Waals surface area contributed by atoms with Crippen LogP contribution in [0.25, 0.3) is 10.8 Å². The molecule has 1 aliphatic rings. The van der Waals surface area contributed by atoms with Gasteiger partial charge >= 0.3 is 11.9 Å². The summed E-state index contributed by atoms with van der Waals surface area (Å²) in [7, 11) is 1.30. The van der Waals surface area contributed by atoms with Gasteiger partial charge in [0.25, 0.3) is 0 Å². The van der Waals surface area contributed by atoms with Gasteiger partial charge < -0.3 is 19.5 Å². The smallest absolute Gasteiger partial charge is 0.341 e. The maximum absolute atomic E-state index is 12.1. The molecule has 1 aliphatic heterocycles. The lowest BCUT2D eigenvalue weighted by molar-refractivity contribution is -0.921. The van der Waals surface area contributed by atoms with Crippen LogP contribution < -0.4 is 4.90 Å². The number of fused-ring (bicyclic) bond motifs is 1. The van der Waals surface area contributed by atoms with E-state index in [4.69, 9.17) is 9.47 Å². The van der Waals surface area contributed by atoms with Crippen LogP contribution in [-0.4, -0.2) is 43.9 Å². The van der Waals surface area contributed by atoms with Crippen LogP contribution in [0.15, 0.2) is 30.3 Å². The van der Waals surface area contributed by atoms with Crippen LogP contribution in [0.4, 0.5) is 0 Å². The van der Waals surface area contributed by atoms with E-state index in [1.54, 1.807) is 6.07 Å². The number of hydrogen-bond donors (Lipinski definition) is 2. The number of quaternary nitrogens is 1. The monoisotopic (exact) mass is 372 g/mol. The molecule has 1 unspecified atom stereocenters. The van der Waals surface area contributed by atoms with E-state index >= 15 is 0 Å². The number of ether oxygens (including phenoxy) is 2. The topological polar surface area (TPSA) is 77.3 Å². The van der Waals surface area contributed by atoms with Gasteiger partial charge in [-0.2, -0.15) is 0 Å². The number of methoxy groups -OCH3 is 1. The van der Waals surface area contributed by atoms with E-state index in [0.717, 1.165) is 30.2 Å². The summed E-state index contributed by atoms with van der Waals surface area (Å²) in [5, 5.41) is 12.6. The third-order valence-electron chi connectivity index (χ3n) is 5.20. The average Bonchev–Trinajstić information content (AvgIpc) is 2.69. The largest absolute Gasteiger partial charge is 0.507 e. The van der Waals surface area contributed by atoms with Crippen LogP contribution >= 0.6 is 0 Å². The average molecular weight is 372 g/mol. The normalized spacial score (nSPS) is 19.6. The zero-order valence-corrected chi connectivity index (χ0v) is 15.8. The first-order chi connectivity index (χ1) is 13.0. The molecular formula is C21H26NO5+. The molecule has 0 spiro atoms. The second-order valence-electron chi connectivity index (χ2n) is 6.94. The molecule has 6 nitrogen and oxygen atoms in total. The van der Waals surface area contributed by atoms with Gasteiger partial charge in [-0.1, -0.05) is 24.3 Å². The maximum Gasteiger partial charge on any atom is 0.341 e. The number of esters is 2. The fourth-order valence-corrected chi connectivity index (χ4v) is 3.88. The summed E-state index contributed by atoms with van der Waals surface area (Å²) in [5.74, 6) is -0.859. The molecule has 2 aromatic carbocycles. The minimum absolute atomic E-state index is 0.0358. The maximum atomic E-state index is 12.1. The SMILES string of the molecule is CCOC(=O)[C@H]1CCC[NH+](Cc2c(O)c(C(=O)OC)cc3ccccc23)C1. The molecule has 1 heterocycles. The van der Waals surface area contributed by atoms with Crippen molar-refractivity contribution >= 4 is 22.7 Å². The van der Waals surface area contributed by atoms with Crippen LogP contribution in [0.2, 0.25) is 0 Å². The molecule has 0 aromatic heterocycles. The summed E-state index contributed by atoms with van der Waals surface area (Å²) in [6, 6.07) is 9.33. The number of nitrogens with one attached hydrogen (secondary N) is 1. The van der Waals surface area contributed by atoms with Crippen LogP contribution in [0.1, 0.15) is 35.7 Å². The lowest BCUT2D eigenvalue weighted by Crippen LogP contribution is -3.12. The highest BCUT2D eigenvalue weighted by Crippen LogP contribution is 2.31. The number of piperidine rings is 1. The number of benzene rings is 2. The van der Waals surface area contributed by atoms with Crippen molar-refractivity contribution < 1.29 is 29.1 Å². The Balaban J connectivity index is 1.92. The van der Waals surface area contributed by atoms with Crippen LogP contribution in [0.3, 0.4) is 0 Å². The van der Waals surface area contributed by atoms with Gasteiger partial charge in [-0.05, 0) is 36.6 Å². The van der Waals surface area contributed by atoms with Gasteiger partial charge in [0.2, 0.25) is 0 Å². The van der Waals surface area contributed by atoms with Crippen molar-refractivity contribution in [1.29, 1.82) is 0 Å². The molecular weight excluding hydrogens is 346 g/mol. The molecule has 2 N–H and O–H groups in total. The van der Waals surface area contributed by atoms with Crippen LogP contribution in [0.5, 0.6) is 5.75 Å². The molecule has 0 aliphatic carbocycles. The summed E-state index contributed by atoms with van der Waals surface area (Å²) in [5.41, 5.74) is 0.887. The fraction of sp³-hybridized carbons (Fsp3) is 0.429. The summed E-state index contributed by atoms with van der Waals surface area (Å²) in [4.78, 5) is 25.4. The number of carbonyl (C=O) groups excluding carboxylic acids is 2. The Labute approximate surface area is 158 Å². The highest BCUT2D eigenvalue weighted by Gasteiger charge is 2.31. The van der Waals surface area contributed by atoms with Gasteiger partial charge in [0.1, 0.15) is 23.8 Å². The van der Waals surface area contributed by atoms with Crippen molar-refractivity contribution in [2.75, 3.05) is 26.8 Å². The summed E-state index contributed by atoms with van der Waals surface area (Å²) < 4.78 is 10.00. The Morgan fingerprint density at radius 3 is 2.81 bits per heavy atom. The van der Waals surface area contributed by atoms with Crippen molar-refractivity contribution in [1.82, 2.24) is 0 Å². The molecule has 6 heteroatoms. The Morgan fingerprint density at radius 2 is 2.07 bits per heavy atom. The molecule has 27 heavy (non-hydrogen) atoms. The van der Waals surface area contributed by atoms with Gasteiger partial charge in [-0.15, -0.1) is 0 Å². The first-order valence-electron chi connectivity index (χ1n) is 9.37. The van der Waals surface area contributed by atoms with Gasteiger partial charge in [0.15, 0.2) is 0 Å². The predicted molar refractivity (Wildman–Crippen MR) is 101 cm³/mol. The minimum atomic E-state index is -0.558. The highest BCUT2D eigenvalue weighted by molar-refractivity contribution is 6.00. The van der Waals surface area contributed by atoms with E-state index in [1.165, 1.54) is 12.0 Å². The van der Waals surface area contributed by atoms with E-state index in [1.807, 2.05) is 31.2 Å². The number of carbonyl (C=O) groups is 2. The number of phenols is 1. The summed E-state index contributed by atoms with van der Waals surface area (Å²) >= 11 is 0. The lowest BCUT2D eigenvalue weighted by Gasteiger charge is -2.29. The number of hydrogen-bond acceptors (Lipinski definition) is 5. The first-order valence-corrected chi connectivity index (χ1v) is 9.37. The van der Waals surface area contributed by atoms with Crippen molar-refractivity contribution in [2.24, 2.45) is 5.92 Å². The van der Waals surface area contributed by atoms with Crippen LogP contribution in [-0.2, 0) is 20.8 Å². The minimum Gasteiger partial charge on any atom is -0.507 e. The van der Waals surface area contributed by atoms with E-state index in [9.17, 15) is 14.7 Å². The van der Waals surface area contributed by atoms with Gasteiger partial charge in [-0.25, -0.2) is 4.79 Å². The molecule has 2 aromatic rings. The first kappa shape index (κ1) is 19.2. The number of rotatable bonds is 5. The number of likely N-dealkylation sites (tertiary alicyclic amines) is 1. The Morgan fingerprint density at radius 1 is 1.30 bits per heavy atom. The second kappa shape index (κ2) is 8.39. The van der Waals surface area contributed by atoms with E-state index < -0.39 is 5.97 Å². The number of phenolic OH excluding ortho intramolecular Hbond substituents is 1. The Kier molecular flexibility index (Phi) is 5.96. The van der Waals surface area contributed by atoms with Crippen molar-refractivity contribution in [2.45, 2.75) is 26.3 Å². The molecule has 3 rings (SSSR count). The molecule has 1 saturated heterocycles. The van der Waals surface area contributed by atoms with Gasteiger partial charge in [-0.3, -0.25) is 4.79 Å². The standard InChI is InChI=1S/C21H25NO5/c1-3-27-20(24)15-8-6-10-22(12-15)13-18-16-9-5-4-7-14(16)11-17(19(18)23)21(25)26-2/h4-5,7,9,11,15,23H,3,6,8,10,12-13H2,1-2H3/p+1/t15-/m0/s1. The molecule has 2 atom stereocenters. The lowest BCUT2D eigenvalue weighted by atomic mass is 9.95. The quantitative estimate of drug-likeness (QED) is 0.781.